The molecule has 0 bridgehead atoms. The predicted molar refractivity (Wildman–Crippen MR) is 41.9 cm³/mol. The molecule has 4 heteroatoms. The van der Waals surface area contributed by atoms with Crippen molar-refractivity contribution in [2.24, 2.45) is 0 Å². The predicted octanol–water partition coefficient (Wildman–Crippen LogP) is 3.10. The molecule has 0 aromatic heterocycles. The Balaban J connectivity index is 3.20. The third kappa shape index (κ3) is 1.91. The topological polar surface area (TPSA) is 17.1 Å². The summed E-state index contributed by atoms with van der Waals surface area (Å²) in [5.74, 6) is 0. The van der Waals surface area contributed by atoms with E-state index >= 15 is 0 Å². The minimum absolute atomic E-state index is 0.0324. The van der Waals surface area contributed by atoms with Gasteiger partial charge in [-0.1, -0.05) is 23.2 Å². The normalized spacial score (nSPS) is 9.73. The van der Waals surface area contributed by atoms with E-state index in [4.69, 9.17) is 23.2 Å². The quantitative estimate of drug-likeness (QED) is 0.626. The molecular formula is C7H3Cl2FO. The lowest BCUT2D eigenvalue weighted by Crippen LogP contribution is -1.90. The molecular weight excluding hydrogens is 190 g/mol. The Morgan fingerprint density at radius 2 is 2.00 bits per heavy atom. The van der Waals surface area contributed by atoms with Gasteiger partial charge in [-0.25, -0.2) is 0 Å². The molecule has 0 heterocycles. The number of carbonyl (C=O) groups is 1. The van der Waals surface area contributed by atoms with Crippen LogP contribution in [0.1, 0.15) is 10.4 Å². The molecule has 0 amide bonds. The molecule has 1 nitrogen and oxygen atoms in total. The smallest absolute Gasteiger partial charge is 0.255 e. The summed E-state index contributed by atoms with van der Waals surface area (Å²) in [4.78, 5) is 10.2. The second kappa shape index (κ2) is 3.20. The van der Waals surface area contributed by atoms with Crippen molar-refractivity contribution in [3.05, 3.63) is 33.8 Å². The third-order valence-corrected chi connectivity index (χ3v) is 1.69. The molecule has 1 aromatic rings. The minimum atomic E-state index is -1.55. The van der Waals surface area contributed by atoms with Gasteiger partial charge in [0.15, 0.2) is 0 Å². The van der Waals surface area contributed by atoms with Crippen LogP contribution < -0.4 is 0 Å². The van der Waals surface area contributed by atoms with Crippen LogP contribution in [-0.4, -0.2) is 6.04 Å². The molecule has 58 valence electrons. The maximum atomic E-state index is 12.1. The van der Waals surface area contributed by atoms with E-state index in [2.05, 4.69) is 0 Å². The van der Waals surface area contributed by atoms with E-state index in [-0.39, 0.29) is 10.6 Å². The molecule has 0 saturated carbocycles. The summed E-state index contributed by atoms with van der Waals surface area (Å²) in [5, 5.41) is 0.407. The summed E-state index contributed by atoms with van der Waals surface area (Å²) in [7, 11) is 0. The van der Waals surface area contributed by atoms with Gasteiger partial charge >= 0.3 is 6.04 Å². The van der Waals surface area contributed by atoms with E-state index in [0.717, 1.165) is 0 Å². The van der Waals surface area contributed by atoms with Gasteiger partial charge in [0, 0.05) is 5.02 Å². The van der Waals surface area contributed by atoms with E-state index in [0.29, 0.717) is 5.02 Å². The second-order valence-electron chi connectivity index (χ2n) is 1.90. The standard InChI is InChI=1S/C7H3Cl2FO/c8-4-1-2-5(7(10)11)6(9)3-4/h1-3H. The van der Waals surface area contributed by atoms with Crippen molar-refractivity contribution in [3.63, 3.8) is 0 Å². The van der Waals surface area contributed by atoms with Crippen molar-refractivity contribution in [3.8, 4) is 0 Å². The number of rotatable bonds is 1. The van der Waals surface area contributed by atoms with Crippen molar-refractivity contribution >= 4 is 29.2 Å². The number of carbonyl (C=O) groups excluding carboxylic acids is 1. The molecule has 0 aliphatic rings. The molecule has 0 N–H and O–H groups in total. The lowest BCUT2D eigenvalue weighted by Gasteiger charge is -1.95. The summed E-state index contributed by atoms with van der Waals surface area (Å²) in [6, 6.07) is 2.41. The molecule has 0 atom stereocenters. The van der Waals surface area contributed by atoms with Gasteiger partial charge in [-0.15, -0.1) is 0 Å². The van der Waals surface area contributed by atoms with Crippen LogP contribution in [0.25, 0.3) is 0 Å². The fourth-order valence-electron chi connectivity index (χ4n) is 0.649. The molecule has 0 unspecified atom stereocenters. The molecule has 11 heavy (non-hydrogen) atoms. The van der Waals surface area contributed by atoms with E-state index in [1.807, 2.05) is 0 Å². The van der Waals surface area contributed by atoms with Crippen LogP contribution >= 0.6 is 23.2 Å². The van der Waals surface area contributed by atoms with E-state index in [1.54, 1.807) is 0 Å². The highest BCUT2D eigenvalue weighted by Gasteiger charge is 2.08. The number of benzene rings is 1. The van der Waals surface area contributed by atoms with Crippen LogP contribution in [-0.2, 0) is 0 Å². The SMILES string of the molecule is O=C(F)c1ccc(Cl)cc1Cl. The fraction of sp³-hybridized carbons (Fsp3) is 0. The van der Waals surface area contributed by atoms with Gasteiger partial charge in [0.25, 0.3) is 0 Å². The van der Waals surface area contributed by atoms with Crippen molar-refractivity contribution in [2.45, 2.75) is 0 Å². The van der Waals surface area contributed by atoms with Gasteiger partial charge in [-0.3, -0.25) is 4.79 Å². The molecule has 0 spiro atoms. The average molecular weight is 193 g/mol. The van der Waals surface area contributed by atoms with E-state index in [9.17, 15) is 9.18 Å². The maximum Gasteiger partial charge on any atom is 0.333 e. The van der Waals surface area contributed by atoms with E-state index in [1.165, 1.54) is 18.2 Å². The van der Waals surface area contributed by atoms with Crippen molar-refractivity contribution in [1.29, 1.82) is 0 Å². The van der Waals surface area contributed by atoms with E-state index < -0.39 is 6.04 Å². The molecule has 0 saturated heterocycles. The first kappa shape index (κ1) is 8.50. The number of halogens is 3. The molecule has 0 radical (unpaired) electrons. The van der Waals surface area contributed by atoms with Crippen LogP contribution in [0.2, 0.25) is 10.0 Å². The van der Waals surface area contributed by atoms with Crippen LogP contribution in [0, 0.1) is 0 Å². The molecule has 0 aliphatic heterocycles. The van der Waals surface area contributed by atoms with Gasteiger partial charge in [0.1, 0.15) is 0 Å². The Morgan fingerprint density at radius 1 is 1.36 bits per heavy atom. The Bertz CT molecular complexity index is 298. The summed E-state index contributed by atoms with van der Waals surface area (Å²) in [6.07, 6.45) is 0. The summed E-state index contributed by atoms with van der Waals surface area (Å²) < 4.78 is 12.1. The van der Waals surface area contributed by atoms with Gasteiger partial charge in [-0.2, -0.15) is 4.39 Å². The highest BCUT2D eigenvalue weighted by atomic mass is 35.5. The van der Waals surface area contributed by atoms with Crippen LogP contribution in [0.4, 0.5) is 4.39 Å². The first-order valence-corrected chi connectivity index (χ1v) is 3.52. The first-order chi connectivity index (χ1) is 5.11. The average Bonchev–Trinajstić information content (AvgIpc) is 1.85. The Kier molecular flexibility index (Phi) is 2.47. The second-order valence-corrected chi connectivity index (χ2v) is 2.74. The Morgan fingerprint density at radius 3 is 2.45 bits per heavy atom. The Labute approximate surface area is 72.7 Å². The van der Waals surface area contributed by atoms with Crippen LogP contribution in [0.5, 0.6) is 0 Å². The molecule has 1 aromatic carbocycles. The van der Waals surface area contributed by atoms with Gasteiger partial charge in [0.05, 0.1) is 10.6 Å². The molecule has 0 fully saturated rings. The van der Waals surface area contributed by atoms with Crippen molar-refractivity contribution in [2.75, 3.05) is 0 Å². The van der Waals surface area contributed by atoms with Crippen LogP contribution in [0.3, 0.4) is 0 Å². The zero-order valence-corrected chi connectivity index (χ0v) is 6.79. The number of hydrogen-bond donors (Lipinski definition) is 0. The van der Waals surface area contributed by atoms with Gasteiger partial charge in [-0.05, 0) is 18.2 Å². The summed E-state index contributed by atoms with van der Waals surface area (Å²) in [5.41, 5.74) is -0.156. The zero-order valence-electron chi connectivity index (χ0n) is 5.27. The largest absolute Gasteiger partial charge is 0.333 e. The fourth-order valence-corrected chi connectivity index (χ4v) is 1.13. The highest BCUT2D eigenvalue weighted by molar-refractivity contribution is 6.36. The summed E-state index contributed by atoms with van der Waals surface area (Å²) >= 11 is 11.0. The molecule has 1 rings (SSSR count). The molecule has 0 aliphatic carbocycles. The lowest BCUT2D eigenvalue weighted by molar-refractivity contribution is 0.0836. The number of hydrogen-bond acceptors (Lipinski definition) is 1. The van der Waals surface area contributed by atoms with Gasteiger partial charge < -0.3 is 0 Å². The zero-order chi connectivity index (χ0) is 8.43. The minimum Gasteiger partial charge on any atom is -0.255 e. The lowest BCUT2D eigenvalue weighted by atomic mass is 10.2. The van der Waals surface area contributed by atoms with Crippen molar-refractivity contribution < 1.29 is 9.18 Å². The van der Waals surface area contributed by atoms with Gasteiger partial charge in [0.2, 0.25) is 0 Å². The van der Waals surface area contributed by atoms with Crippen LogP contribution in [0.15, 0.2) is 18.2 Å². The first-order valence-electron chi connectivity index (χ1n) is 2.76. The monoisotopic (exact) mass is 192 g/mol. The highest BCUT2D eigenvalue weighted by Crippen LogP contribution is 2.21. The maximum absolute atomic E-state index is 12.1. The Hall–Kier alpha value is -0.600. The van der Waals surface area contributed by atoms with Crippen molar-refractivity contribution in [1.82, 2.24) is 0 Å². The third-order valence-electron chi connectivity index (χ3n) is 1.14. The summed E-state index contributed by atoms with van der Waals surface area (Å²) in [6.45, 7) is 0.